The van der Waals surface area contributed by atoms with E-state index in [0.717, 1.165) is 25.7 Å². The normalized spacial score (nSPS) is 16.5. The topological polar surface area (TPSA) is 719 Å². The number of carbonyl (C=O) groups is 18. The van der Waals surface area contributed by atoms with Crippen LogP contribution >= 0.6 is 0 Å². The molecule has 0 unspecified atom stereocenters. The third-order valence-electron chi connectivity index (χ3n) is 19.3. The average Bonchev–Trinajstić information content (AvgIpc) is 1.63. The molecule has 17 atom stereocenters. The Balaban J connectivity index is 1.81. The quantitative estimate of drug-likeness (QED) is 0.0274. The Morgan fingerprint density at radius 1 is 0.443 bits per heavy atom. The minimum atomic E-state index is -2.05. The van der Waals surface area contributed by atoms with E-state index in [2.05, 4.69) is 74.4 Å². The highest BCUT2D eigenvalue weighted by Crippen LogP contribution is 2.22. The first-order chi connectivity index (χ1) is 57.3. The molecule has 0 aromatic heterocycles. The number of carbonyl (C=O) groups excluding carboxylic acids is 16. The second-order valence-electron chi connectivity index (χ2n) is 31.0. The number of amides is 16. The summed E-state index contributed by atoms with van der Waals surface area (Å²) < 4.78 is 0. The standard InChI is InChI=1S/C78H122N18O26/c1-38(2)30-51(88-69(112)53(33-44-16-11-10-12-17-44)84-59(105)35-82-58(104)34-83-65(108)47(80)32-45-20-22-46(102)23-21-45)71(114)93-62(41(7)99)76(119)91-55(37-98)73(116)87-50(25-27-60(106)107)67(110)85-48(18-13-14-28-79)66(109)90-54(36-97)72(115)86-49(24-26-57(81)103)68(111)94-63(42(8)100)77(120)96-29-15-19-56(96)74(117)89-52(31-39(3)4)70(113)92-61(40(5)6)75(118)95-64(43(9)101)78(121)122/h10-12,16-17,20-23,38-43,47-56,61-64,97-102H,13-15,18-19,24-37,79-80H2,1-9H3,(H2,81,103)(H,82,104)(H,83,108)(H,84,105)(H,85,110)(H,86,115)(H,87,116)(H,88,112)(H,89,117)(H,90,109)(H,91,119)(H,92,113)(H,93,114)(H,94,111)(H,95,118)(H,106,107)(H,121,122)/t41-,42-,43-,47+,48+,49+,50+,51+,52+,53+,54+,55+,56+,61+,62+,63+,64+/m1/s1. The van der Waals surface area contributed by atoms with E-state index < -0.39 is 267 Å². The van der Waals surface area contributed by atoms with Gasteiger partial charge in [-0.05, 0) is 133 Å². The zero-order valence-corrected chi connectivity index (χ0v) is 69.8. The van der Waals surface area contributed by atoms with E-state index in [4.69, 9.17) is 17.2 Å². The Kier molecular flexibility index (Phi) is 45.1. The Labute approximate surface area is 704 Å². The molecular weight excluding hydrogens is 1600 g/mol. The van der Waals surface area contributed by atoms with E-state index in [1.807, 2.05) is 0 Å². The van der Waals surface area contributed by atoms with Crippen LogP contribution in [-0.2, 0) is 99.1 Å². The molecule has 0 aliphatic carbocycles. The summed E-state index contributed by atoms with van der Waals surface area (Å²) in [6, 6.07) is -9.02. The van der Waals surface area contributed by atoms with Gasteiger partial charge in [-0.2, -0.15) is 0 Å². The molecule has 1 aliphatic rings. The third-order valence-corrected chi connectivity index (χ3v) is 19.3. The first-order valence-corrected chi connectivity index (χ1v) is 40.1. The van der Waals surface area contributed by atoms with Crippen molar-refractivity contribution in [1.82, 2.24) is 79.3 Å². The van der Waals surface area contributed by atoms with Crippen molar-refractivity contribution in [1.29, 1.82) is 0 Å². The number of unbranched alkanes of at least 4 members (excludes halogenated alkanes) is 1. The van der Waals surface area contributed by atoms with Crippen LogP contribution in [-0.4, -0.2) is 294 Å². The molecule has 16 amide bonds. The van der Waals surface area contributed by atoms with Crippen LogP contribution in [0.5, 0.6) is 5.75 Å². The van der Waals surface area contributed by atoms with Crippen LogP contribution in [0.4, 0.5) is 0 Å². The maximum absolute atomic E-state index is 14.4. The molecule has 44 nitrogen and oxygen atoms in total. The Morgan fingerprint density at radius 2 is 0.869 bits per heavy atom. The van der Waals surface area contributed by atoms with Crippen molar-refractivity contribution >= 4 is 106 Å². The minimum Gasteiger partial charge on any atom is -0.508 e. The number of primary amides is 1. The summed E-state index contributed by atoms with van der Waals surface area (Å²) in [5.41, 5.74) is 18.3. The number of carboxylic acids is 2. The molecule has 2 aromatic rings. The summed E-state index contributed by atoms with van der Waals surface area (Å²) in [6.07, 6.45) is -7.95. The van der Waals surface area contributed by atoms with Crippen molar-refractivity contribution in [2.75, 3.05) is 39.4 Å². The van der Waals surface area contributed by atoms with Crippen LogP contribution in [0.3, 0.4) is 0 Å². The minimum absolute atomic E-state index is 0.00270. The van der Waals surface area contributed by atoms with Gasteiger partial charge in [0.25, 0.3) is 0 Å². The van der Waals surface area contributed by atoms with E-state index in [-0.39, 0.29) is 88.5 Å². The van der Waals surface area contributed by atoms with Gasteiger partial charge >= 0.3 is 11.9 Å². The van der Waals surface area contributed by atoms with Crippen molar-refractivity contribution in [3.05, 3.63) is 65.7 Å². The number of phenolic OH excluding ortho intramolecular Hbond substituents is 1. The SMILES string of the molecule is CC(C)C[C@H](NC(=O)[C@H](Cc1ccccc1)NC(=O)CNC(=O)CNC(=O)[C@@H](N)Cc1ccc(O)cc1)C(=O)N[C@H](C(=O)N[C@@H](CO)C(=O)N[C@@H](CCC(=O)O)C(=O)N[C@@H](CCCCN)C(=O)N[C@@H](CO)C(=O)N[C@@H](CCC(N)=O)C(=O)N[C@H](C(=O)N1CCC[C@H]1C(=O)N[C@@H](CC(C)C)C(=O)N[C@H](C(=O)N[C@H](C(=O)O)[C@@H](C)O)C(C)C)[C@@H](C)O)[C@@H](C)O. The summed E-state index contributed by atoms with van der Waals surface area (Å²) in [4.78, 5) is 245. The number of aromatic hydroxyl groups is 1. The van der Waals surface area contributed by atoms with Gasteiger partial charge in [-0.3, -0.25) is 81.5 Å². The Hall–Kier alpha value is -11.6. The summed E-state index contributed by atoms with van der Waals surface area (Å²) in [6.45, 7) is 9.34. The van der Waals surface area contributed by atoms with E-state index in [9.17, 15) is 127 Å². The smallest absolute Gasteiger partial charge is 0.328 e. The molecule has 0 bridgehead atoms. The van der Waals surface area contributed by atoms with Crippen LogP contribution in [0, 0.1) is 17.8 Å². The number of aliphatic hydroxyl groups excluding tert-OH is 5. The number of aliphatic hydroxyl groups is 5. The highest BCUT2D eigenvalue weighted by atomic mass is 16.4. The van der Waals surface area contributed by atoms with Crippen molar-refractivity contribution in [3.63, 3.8) is 0 Å². The lowest BCUT2D eigenvalue weighted by Crippen LogP contribution is -2.63. The van der Waals surface area contributed by atoms with Gasteiger partial charge in [-0.25, -0.2) is 4.79 Å². The number of carboxylic acid groups (broad SMARTS) is 2. The fourth-order valence-corrected chi connectivity index (χ4v) is 12.6. The first-order valence-electron chi connectivity index (χ1n) is 40.1. The molecule has 1 aliphatic heterocycles. The lowest BCUT2D eigenvalue weighted by molar-refractivity contribution is -0.145. The third kappa shape index (κ3) is 36.4. The molecule has 0 saturated carbocycles. The first kappa shape index (κ1) is 105. The zero-order chi connectivity index (χ0) is 91.9. The van der Waals surface area contributed by atoms with Gasteiger partial charge in [0.05, 0.1) is 50.7 Å². The van der Waals surface area contributed by atoms with Crippen molar-refractivity contribution in [2.45, 2.75) is 249 Å². The molecule has 0 spiro atoms. The van der Waals surface area contributed by atoms with Crippen molar-refractivity contribution in [3.8, 4) is 5.75 Å². The molecule has 680 valence electrons. The highest BCUT2D eigenvalue weighted by Gasteiger charge is 2.44. The van der Waals surface area contributed by atoms with E-state index in [1.54, 1.807) is 84.0 Å². The molecular formula is C78H122N18O26. The summed E-state index contributed by atoms with van der Waals surface area (Å²) in [5.74, 6) is -21.2. The average molecular weight is 1730 g/mol. The van der Waals surface area contributed by atoms with Gasteiger partial charge in [0.15, 0.2) is 6.04 Å². The number of hydrogen-bond acceptors (Lipinski definition) is 26. The predicted octanol–water partition coefficient (Wildman–Crippen LogP) is -8.24. The molecule has 1 fully saturated rings. The number of nitrogens with two attached hydrogens (primary N) is 3. The lowest BCUT2D eigenvalue weighted by atomic mass is 9.99. The maximum atomic E-state index is 14.4. The van der Waals surface area contributed by atoms with E-state index >= 15 is 0 Å². The number of likely N-dealkylation sites (tertiary alicyclic amines) is 1. The number of nitrogens with one attached hydrogen (secondary N) is 14. The largest absolute Gasteiger partial charge is 0.508 e. The highest BCUT2D eigenvalue weighted by molar-refractivity contribution is 6.01. The number of phenols is 1. The van der Waals surface area contributed by atoms with Crippen LogP contribution in [0.2, 0.25) is 0 Å². The second kappa shape index (κ2) is 52.6. The lowest BCUT2D eigenvalue weighted by Gasteiger charge is -2.32. The Morgan fingerprint density at radius 3 is 1.36 bits per heavy atom. The molecule has 122 heavy (non-hydrogen) atoms. The molecule has 44 heteroatoms. The van der Waals surface area contributed by atoms with Crippen molar-refractivity contribution in [2.24, 2.45) is 35.0 Å². The fraction of sp³-hybridized carbons (Fsp3) is 0.615. The van der Waals surface area contributed by atoms with Crippen LogP contribution in [0.15, 0.2) is 54.6 Å². The Bertz CT molecular complexity index is 3890. The van der Waals surface area contributed by atoms with Crippen LogP contribution in [0.1, 0.15) is 144 Å². The zero-order valence-electron chi connectivity index (χ0n) is 69.8. The maximum Gasteiger partial charge on any atom is 0.328 e. The van der Waals surface area contributed by atoms with Crippen molar-refractivity contribution < 1.29 is 127 Å². The number of benzene rings is 2. The van der Waals surface area contributed by atoms with Gasteiger partial charge in [-0.15, -0.1) is 0 Å². The molecule has 3 rings (SSSR count). The monoisotopic (exact) mass is 1730 g/mol. The van der Waals surface area contributed by atoms with Gasteiger partial charge in [0.2, 0.25) is 94.5 Å². The fourth-order valence-electron chi connectivity index (χ4n) is 12.6. The van der Waals surface area contributed by atoms with E-state index in [1.165, 1.54) is 12.1 Å². The number of rotatable bonds is 54. The number of nitrogens with zero attached hydrogens (tertiary/aromatic N) is 1. The van der Waals surface area contributed by atoms with Gasteiger partial charge in [0, 0.05) is 25.8 Å². The summed E-state index contributed by atoms with van der Waals surface area (Å²) in [5, 5.41) is 115. The molecule has 28 N–H and O–H groups in total. The van der Waals surface area contributed by atoms with Gasteiger partial charge in [-0.1, -0.05) is 84.0 Å². The summed E-state index contributed by atoms with van der Waals surface area (Å²) >= 11 is 0. The predicted molar refractivity (Wildman–Crippen MR) is 433 cm³/mol. The molecule has 0 radical (unpaired) electrons. The molecule has 2 aromatic carbocycles. The van der Waals surface area contributed by atoms with Crippen LogP contribution in [0.25, 0.3) is 0 Å². The van der Waals surface area contributed by atoms with Crippen LogP contribution < -0.4 is 91.6 Å². The number of aliphatic carboxylic acids is 2. The van der Waals surface area contributed by atoms with Gasteiger partial charge < -0.3 is 137 Å². The molecule has 1 heterocycles. The number of hydrogen-bond donors (Lipinski definition) is 25. The van der Waals surface area contributed by atoms with E-state index in [0.29, 0.717) is 11.1 Å². The van der Waals surface area contributed by atoms with Gasteiger partial charge in [0.1, 0.15) is 78.3 Å². The summed E-state index contributed by atoms with van der Waals surface area (Å²) in [7, 11) is 0. The molecule has 1 saturated heterocycles. The second-order valence-corrected chi connectivity index (χ2v) is 31.0.